The zero-order valence-corrected chi connectivity index (χ0v) is 13.3. The molecule has 22 heavy (non-hydrogen) atoms. The average Bonchev–Trinajstić information content (AvgIpc) is 2.43. The third-order valence-corrected chi connectivity index (χ3v) is 3.89. The predicted octanol–water partition coefficient (Wildman–Crippen LogP) is 3.79. The Morgan fingerprint density at radius 2 is 2.27 bits per heavy atom. The summed E-state index contributed by atoms with van der Waals surface area (Å²) >= 11 is 6.46. The Kier molecular flexibility index (Phi) is 5.52. The van der Waals surface area contributed by atoms with E-state index in [9.17, 15) is 13.2 Å². The number of nitrogens with zero attached hydrogens (tertiary/aromatic N) is 1. The van der Waals surface area contributed by atoms with Gasteiger partial charge in [0.25, 0.3) is 0 Å². The topological polar surface area (TPSA) is 45.7 Å². The number of fused-ring (bicyclic) bond motifs is 1. The van der Waals surface area contributed by atoms with E-state index in [1.807, 2.05) is 6.92 Å². The lowest BCUT2D eigenvalue weighted by Crippen LogP contribution is -2.26. The Bertz CT molecular complexity index is 590. The summed E-state index contributed by atoms with van der Waals surface area (Å²) < 4.78 is 40.5. The van der Waals surface area contributed by atoms with Crippen molar-refractivity contribution >= 4 is 40.6 Å². The van der Waals surface area contributed by atoms with E-state index in [-0.39, 0.29) is 5.75 Å². The van der Waals surface area contributed by atoms with Crippen molar-refractivity contribution in [2.45, 2.75) is 24.6 Å². The van der Waals surface area contributed by atoms with Gasteiger partial charge < -0.3 is 15.4 Å². The van der Waals surface area contributed by atoms with Gasteiger partial charge in [-0.1, -0.05) is 6.92 Å². The molecule has 1 aromatic rings. The zero-order valence-electron chi connectivity index (χ0n) is 11.7. The predicted molar refractivity (Wildman–Crippen MR) is 85.8 cm³/mol. The summed E-state index contributed by atoms with van der Waals surface area (Å²) in [6, 6.07) is 4.14. The number of rotatable bonds is 3. The molecule has 4 nitrogen and oxygen atoms in total. The van der Waals surface area contributed by atoms with Crippen molar-refractivity contribution in [3.63, 3.8) is 0 Å². The van der Waals surface area contributed by atoms with Crippen LogP contribution in [0.4, 0.5) is 18.9 Å². The smallest absolute Gasteiger partial charge is 0.406 e. The van der Waals surface area contributed by atoms with Crippen LogP contribution in [0.15, 0.2) is 28.1 Å². The van der Waals surface area contributed by atoms with Crippen molar-refractivity contribution in [2.24, 2.45) is 4.99 Å². The summed E-state index contributed by atoms with van der Waals surface area (Å²) in [5.41, 5.74) is 0.683. The number of thioether (sulfide) groups is 1. The molecule has 2 rings (SSSR count). The van der Waals surface area contributed by atoms with Gasteiger partial charge in [-0.25, -0.2) is 4.99 Å². The number of anilines is 1. The minimum absolute atomic E-state index is 0.235. The minimum Gasteiger partial charge on any atom is -0.406 e. The number of nitrogens with one attached hydrogen (secondary N) is 2. The summed E-state index contributed by atoms with van der Waals surface area (Å²) in [5, 5.41) is 6.44. The van der Waals surface area contributed by atoms with Gasteiger partial charge >= 0.3 is 6.36 Å². The number of halogens is 3. The molecule has 1 aliphatic rings. The third kappa shape index (κ3) is 5.06. The van der Waals surface area contributed by atoms with E-state index in [2.05, 4.69) is 20.4 Å². The average molecular weight is 349 g/mol. The van der Waals surface area contributed by atoms with Crippen molar-refractivity contribution in [1.29, 1.82) is 0 Å². The fraction of sp³-hybridized carbons (Fsp3) is 0.385. The molecule has 0 saturated carbocycles. The number of thiocarbonyl (C=S) groups is 1. The number of hydrogen-bond acceptors (Lipinski definition) is 3. The molecule has 0 aliphatic carbocycles. The second-order valence-electron chi connectivity index (χ2n) is 4.41. The van der Waals surface area contributed by atoms with Gasteiger partial charge in [-0.15, -0.1) is 24.9 Å². The first-order chi connectivity index (χ1) is 10.4. The molecule has 1 aromatic carbocycles. The highest BCUT2D eigenvalue weighted by atomic mass is 32.2. The van der Waals surface area contributed by atoms with Gasteiger partial charge in [-0.05, 0) is 36.8 Å². The molecule has 2 N–H and O–H groups in total. The molecule has 0 unspecified atom stereocenters. The van der Waals surface area contributed by atoms with E-state index in [0.717, 1.165) is 13.0 Å². The standard InChI is InChI=1S/C13H14F3N3OS2/c1-2-5-17-12(21)19-11-7-22-10-6-8(20-13(14,15)16)3-4-9(10)18-11/h3-4,6H,2,5,7H2,1H3,(H2,17,18,19,21). The molecule has 0 fully saturated rings. The first kappa shape index (κ1) is 16.9. The van der Waals surface area contributed by atoms with E-state index < -0.39 is 6.36 Å². The molecular formula is C13H14F3N3OS2. The van der Waals surface area contributed by atoms with Gasteiger partial charge in [0.1, 0.15) is 11.6 Å². The second kappa shape index (κ2) is 7.19. The number of benzene rings is 1. The van der Waals surface area contributed by atoms with Crippen LogP contribution in [0.3, 0.4) is 0 Å². The molecule has 0 bridgehead atoms. The van der Waals surface area contributed by atoms with E-state index in [1.54, 1.807) is 0 Å². The van der Waals surface area contributed by atoms with Crippen LogP contribution in [0.1, 0.15) is 13.3 Å². The van der Waals surface area contributed by atoms with Crippen LogP contribution in [-0.2, 0) is 0 Å². The lowest BCUT2D eigenvalue weighted by atomic mass is 10.3. The van der Waals surface area contributed by atoms with Crippen LogP contribution in [0.2, 0.25) is 0 Å². The quantitative estimate of drug-likeness (QED) is 0.813. The molecule has 0 atom stereocenters. The van der Waals surface area contributed by atoms with Crippen molar-refractivity contribution < 1.29 is 17.9 Å². The molecule has 120 valence electrons. The summed E-state index contributed by atoms with van der Waals surface area (Å²) in [4.78, 5) is 4.92. The molecule has 0 amide bonds. The molecule has 0 saturated heterocycles. The van der Waals surface area contributed by atoms with Gasteiger partial charge in [0.05, 0.1) is 11.4 Å². The van der Waals surface area contributed by atoms with Crippen molar-refractivity contribution in [3.8, 4) is 5.75 Å². The van der Waals surface area contributed by atoms with Crippen LogP contribution >= 0.6 is 24.0 Å². The van der Waals surface area contributed by atoms with Gasteiger partial charge in [-0.2, -0.15) is 0 Å². The Labute approximate surface area is 135 Å². The number of amidine groups is 1. The fourth-order valence-electron chi connectivity index (χ4n) is 1.71. The maximum Gasteiger partial charge on any atom is 0.573 e. The van der Waals surface area contributed by atoms with Crippen LogP contribution in [0, 0.1) is 0 Å². The molecular weight excluding hydrogens is 335 g/mol. The van der Waals surface area contributed by atoms with Crippen molar-refractivity contribution in [3.05, 3.63) is 18.2 Å². The summed E-state index contributed by atoms with van der Waals surface area (Å²) in [6.07, 6.45) is -3.75. The Balaban J connectivity index is 2.05. The maximum absolute atomic E-state index is 12.2. The van der Waals surface area contributed by atoms with Crippen molar-refractivity contribution in [2.75, 3.05) is 17.6 Å². The van der Waals surface area contributed by atoms with Gasteiger partial charge in [0.2, 0.25) is 0 Å². The molecule has 1 heterocycles. The van der Waals surface area contributed by atoms with Gasteiger partial charge in [0, 0.05) is 11.4 Å². The summed E-state index contributed by atoms with van der Waals surface area (Å²) in [6.45, 7) is 2.77. The van der Waals surface area contributed by atoms with Crippen LogP contribution in [0.5, 0.6) is 5.75 Å². The first-order valence-electron chi connectivity index (χ1n) is 6.52. The first-order valence-corrected chi connectivity index (χ1v) is 7.92. The fourth-order valence-corrected chi connectivity index (χ4v) is 2.83. The van der Waals surface area contributed by atoms with E-state index in [4.69, 9.17) is 12.2 Å². The van der Waals surface area contributed by atoms with E-state index in [0.29, 0.717) is 27.3 Å². The number of ether oxygens (including phenoxy) is 1. The number of hydrogen-bond donors (Lipinski definition) is 2. The Morgan fingerprint density at radius 1 is 1.50 bits per heavy atom. The van der Waals surface area contributed by atoms with Crippen LogP contribution in [0.25, 0.3) is 0 Å². The van der Waals surface area contributed by atoms with E-state index >= 15 is 0 Å². The van der Waals surface area contributed by atoms with Gasteiger partial charge in [0.15, 0.2) is 5.11 Å². The van der Waals surface area contributed by atoms with Crippen LogP contribution in [-0.4, -0.2) is 29.6 Å². The highest BCUT2D eigenvalue weighted by Gasteiger charge is 2.31. The lowest BCUT2D eigenvalue weighted by Gasteiger charge is -2.20. The summed E-state index contributed by atoms with van der Waals surface area (Å²) in [7, 11) is 0. The highest BCUT2D eigenvalue weighted by Crippen LogP contribution is 2.36. The Morgan fingerprint density at radius 3 is 2.95 bits per heavy atom. The number of alkyl halides is 3. The second-order valence-corrected chi connectivity index (χ2v) is 5.81. The minimum atomic E-state index is -4.69. The molecule has 1 aliphatic heterocycles. The Hall–Kier alpha value is -1.48. The lowest BCUT2D eigenvalue weighted by molar-refractivity contribution is -0.274. The van der Waals surface area contributed by atoms with Crippen LogP contribution < -0.4 is 15.4 Å². The largest absolute Gasteiger partial charge is 0.573 e. The van der Waals surface area contributed by atoms with Crippen molar-refractivity contribution in [1.82, 2.24) is 5.32 Å². The highest BCUT2D eigenvalue weighted by molar-refractivity contribution is 8.00. The van der Waals surface area contributed by atoms with E-state index in [1.165, 1.54) is 30.0 Å². The molecule has 0 spiro atoms. The zero-order chi connectivity index (χ0) is 16.2. The SMILES string of the molecule is CCCNC(=S)N=C1CSc2cc(OC(F)(F)F)ccc2N1. The maximum atomic E-state index is 12.2. The molecule has 9 heteroatoms. The third-order valence-electron chi connectivity index (χ3n) is 2.59. The van der Waals surface area contributed by atoms with Gasteiger partial charge in [-0.3, -0.25) is 0 Å². The molecule has 0 aromatic heterocycles. The molecule has 0 radical (unpaired) electrons. The summed E-state index contributed by atoms with van der Waals surface area (Å²) in [5.74, 6) is 0.924. The normalized spacial score (nSPS) is 15.9. The monoisotopic (exact) mass is 349 g/mol. The number of aliphatic imine (C=N–C) groups is 1.